The summed E-state index contributed by atoms with van der Waals surface area (Å²) >= 11 is 0. The third-order valence-corrected chi connectivity index (χ3v) is 9.53. The number of nitrogens with zero attached hydrogens (tertiary/aromatic N) is 4. The third-order valence-electron chi connectivity index (χ3n) is 9.53. The number of pyridine rings is 1. The number of fused-ring (bicyclic) bond motifs is 10. The van der Waals surface area contributed by atoms with Gasteiger partial charge in [-0.2, -0.15) is 0 Å². The minimum absolute atomic E-state index is 0.0302. The van der Waals surface area contributed by atoms with Crippen molar-refractivity contribution in [2.45, 2.75) is 0 Å². The lowest BCUT2D eigenvalue weighted by molar-refractivity contribution is 1.01. The molecule has 0 radical (unpaired) electrons. The molecule has 0 saturated carbocycles. The molecular weight excluding hydrogens is 589 g/mol. The highest BCUT2D eigenvalue weighted by atomic mass is 16.1. The fraction of sp³-hybridized carbons (Fsp3) is 0. The second-order valence-corrected chi connectivity index (χ2v) is 12.1. The molecule has 0 saturated heterocycles. The maximum Gasteiger partial charge on any atom is 0.263 e. The van der Waals surface area contributed by atoms with Crippen LogP contribution >= 0.6 is 0 Å². The van der Waals surface area contributed by atoms with E-state index in [1.807, 2.05) is 89.5 Å². The Kier molecular flexibility index (Phi) is 5.66. The minimum Gasteiger partial charge on any atom is -0.278 e. The van der Waals surface area contributed by atoms with E-state index >= 15 is 0 Å². The summed E-state index contributed by atoms with van der Waals surface area (Å²) in [6.45, 7) is 0. The van der Waals surface area contributed by atoms with Crippen LogP contribution in [-0.2, 0) is 0 Å². The van der Waals surface area contributed by atoms with Gasteiger partial charge >= 0.3 is 0 Å². The first-order valence-electron chi connectivity index (χ1n) is 16.1. The average molecular weight is 615 g/mol. The van der Waals surface area contributed by atoms with E-state index in [0.29, 0.717) is 11.3 Å². The van der Waals surface area contributed by atoms with Crippen molar-refractivity contribution < 1.29 is 0 Å². The lowest BCUT2D eigenvalue weighted by Gasteiger charge is -2.15. The van der Waals surface area contributed by atoms with Gasteiger partial charge in [0.1, 0.15) is 0 Å². The second kappa shape index (κ2) is 10.2. The number of benzene rings is 7. The minimum atomic E-state index is -0.0302. The van der Waals surface area contributed by atoms with Crippen molar-refractivity contribution in [3.63, 3.8) is 0 Å². The monoisotopic (exact) mass is 614 g/mol. The Hall–Kier alpha value is -6.59. The van der Waals surface area contributed by atoms with Gasteiger partial charge in [0.25, 0.3) is 5.56 Å². The molecule has 224 valence electrons. The molecule has 0 amide bonds. The molecule has 0 spiro atoms. The van der Waals surface area contributed by atoms with Gasteiger partial charge < -0.3 is 0 Å². The van der Waals surface area contributed by atoms with Gasteiger partial charge in [0.15, 0.2) is 0 Å². The lowest BCUT2D eigenvalue weighted by atomic mass is 9.96. The highest BCUT2D eigenvalue weighted by Crippen LogP contribution is 2.40. The van der Waals surface area contributed by atoms with Crippen LogP contribution in [0.15, 0.2) is 163 Å². The van der Waals surface area contributed by atoms with Crippen LogP contribution in [-0.4, -0.2) is 19.1 Å². The van der Waals surface area contributed by atoms with Crippen LogP contribution in [0.25, 0.3) is 88.0 Å². The molecule has 7 aromatic carbocycles. The summed E-state index contributed by atoms with van der Waals surface area (Å²) in [5.41, 5.74) is 6.58. The summed E-state index contributed by atoms with van der Waals surface area (Å²) in [5, 5.41) is 8.05. The first-order chi connectivity index (χ1) is 23.8. The van der Waals surface area contributed by atoms with Gasteiger partial charge in [0.05, 0.1) is 27.8 Å². The molecule has 5 heteroatoms. The molecule has 48 heavy (non-hydrogen) atoms. The van der Waals surface area contributed by atoms with Gasteiger partial charge in [-0.25, -0.2) is 9.97 Å². The summed E-state index contributed by atoms with van der Waals surface area (Å²) in [4.78, 5) is 24.6. The van der Waals surface area contributed by atoms with Crippen molar-refractivity contribution in [2.75, 3.05) is 0 Å². The van der Waals surface area contributed by atoms with E-state index in [-0.39, 0.29) is 5.56 Å². The van der Waals surface area contributed by atoms with E-state index in [1.165, 1.54) is 0 Å². The zero-order chi connectivity index (χ0) is 31.8. The molecule has 0 fully saturated rings. The molecule has 0 N–H and O–H groups in total. The van der Waals surface area contributed by atoms with E-state index in [4.69, 9.17) is 9.97 Å². The summed E-state index contributed by atoms with van der Waals surface area (Å²) in [6, 6.07) is 53.4. The van der Waals surface area contributed by atoms with Crippen molar-refractivity contribution in [3.8, 4) is 22.9 Å². The number of rotatable bonds is 3. The molecule has 0 aliphatic rings. The number of hydrogen-bond donors (Lipinski definition) is 0. The molecule has 0 unspecified atom stereocenters. The van der Waals surface area contributed by atoms with Crippen LogP contribution in [0.3, 0.4) is 0 Å². The van der Waals surface area contributed by atoms with Gasteiger partial charge in [0.2, 0.25) is 5.95 Å². The van der Waals surface area contributed by atoms with Crippen LogP contribution in [0.1, 0.15) is 0 Å². The van der Waals surface area contributed by atoms with E-state index in [2.05, 4.69) is 77.4 Å². The van der Waals surface area contributed by atoms with Crippen LogP contribution in [0.5, 0.6) is 0 Å². The van der Waals surface area contributed by atoms with Crippen molar-refractivity contribution in [2.24, 2.45) is 0 Å². The Balaban J connectivity index is 1.32. The summed E-state index contributed by atoms with van der Waals surface area (Å²) in [7, 11) is 0. The smallest absolute Gasteiger partial charge is 0.263 e. The highest BCUT2D eigenvalue weighted by molar-refractivity contribution is 6.28. The number of hydrogen-bond acceptors (Lipinski definition) is 3. The first kappa shape index (κ1) is 26.6. The standard InChI is InChI=1S/C43H26N4O/c48-42-34-24-23-30-29(39(34)32-18-8-11-21-36(32)46(42)28-15-5-2-6-16-28)25-26-38-40(30)33-19-9-12-22-37(33)47(38)43-44-35-20-10-7-17-31(35)41(45-43)27-13-3-1-4-14-27/h1-26H. The molecule has 5 nitrogen and oxygen atoms in total. The Bertz CT molecular complexity index is 2960. The Morgan fingerprint density at radius 2 is 0.958 bits per heavy atom. The highest BCUT2D eigenvalue weighted by Gasteiger charge is 2.21. The summed E-state index contributed by atoms with van der Waals surface area (Å²) in [5.74, 6) is 0.620. The second-order valence-electron chi connectivity index (χ2n) is 12.1. The third kappa shape index (κ3) is 3.76. The number of para-hydroxylation sites is 4. The fourth-order valence-corrected chi connectivity index (χ4v) is 7.48. The molecule has 0 aliphatic heterocycles. The maximum absolute atomic E-state index is 14.2. The van der Waals surface area contributed by atoms with Gasteiger partial charge in [-0.3, -0.25) is 13.9 Å². The average Bonchev–Trinajstić information content (AvgIpc) is 3.50. The van der Waals surface area contributed by atoms with Crippen molar-refractivity contribution in [3.05, 3.63) is 168 Å². The van der Waals surface area contributed by atoms with Crippen LogP contribution in [0, 0.1) is 0 Å². The Morgan fingerprint density at radius 3 is 1.73 bits per heavy atom. The van der Waals surface area contributed by atoms with E-state index in [0.717, 1.165) is 76.7 Å². The molecule has 3 aromatic heterocycles. The molecule has 3 heterocycles. The van der Waals surface area contributed by atoms with Crippen LogP contribution in [0.4, 0.5) is 0 Å². The first-order valence-corrected chi connectivity index (χ1v) is 16.1. The molecule has 10 rings (SSSR count). The molecule has 0 atom stereocenters. The van der Waals surface area contributed by atoms with Gasteiger partial charge in [-0.15, -0.1) is 0 Å². The summed E-state index contributed by atoms with van der Waals surface area (Å²) < 4.78 is 4.01. The topological polar surface area (TPSA) is 52.7 Å². The SMILES string of the molecule is O=c1c2ccc3c(ccc4c3c3ccccc3n4-c3nc(-c4ccccc4)c4ccccc4n3)c2c2ccccc2n1-c1ccccc1. The Labute approximate surface area is 274 Å². The van der Waals surface area contributed by atoms with Crippen LogP contribution in [0.2, 0.25) is 0 Å². The number of aromatic nitrogens is 4. The fourth-order valence-electron chi connectivity index (χ4n) is 7.48. The molecular formula is C43H26N4O. The van der Waals surface area contributed by atoms with Gasteiger partial charge in [-0.05, 0) is 53.2 Å². The molecule has 0 bridgehead atoms. The Morgan fingerprint density at radius 1 is 0.396 bits per heavy atom. The van der Waals surface area contributed by atoms with Crippen LogP contribution < -0.4 is 5.56 Å². The quantitative estimate of drug-likeness (QED) is 0.186. The van der Waals surface area contributed by atoms with E-state index in [9.17, 15) is 4.79 Å². The normalized spacial score (nSPS) is 11.8. The van der Waals surface area contributed by atoms with E-state index in [1.54, 1.807) is 0 Å². The van der Waals surface area contributed by atoms with Gasteiger partial charge in [-0.1, -0.05) is 115 Å². The van der Waals surface area contributed by atoms with Crippen molar-refractivity contribution in [1.29, 1.82) is 0 Å². The maximum atomic E-state index is 14.2. The zero-order valence-corrected chi connectivity index (χ0v) is 25.7. The molecule has 10 aromatic rings. The van der Waals surface area contributed by atoms with Gasteiger partial charge in [0, 0.05) is 43.6 Å². The largest absolute Gasteiger partial charge is 0.278 e. The summed E-state index contributed by atoms with van der Waals surface area (Å²) in [6.07, 6.45) is 0. The predicted molar refractivity (Wildman–Crippen MR) is 197 cm³/mol. The lowest BCUT2D eigenvalue weighted by Crippen LogP contribution is -2.19. The van der Waals surface area contributed by atoms with E-state index < -0.39 is 0 Å². The van der Waals surface area contributed by atoms with Crippen molar-refractivity contribution >= 4 is 65.2 Å². The van der Waals surface area contributed by atoms with Crippen molar-refractivity contribution in [1.82, 2.24) is 19.1 Å². The molecule has 0 aliphatic carbocycles. The zero-order valence-electron chi connectivity index (χ0n) is 25.7. The predicted octanol–water partition coefficient (Wildman–Crippen LogP) is 10.0.